The molecular weight excluding hydrogens is 394 g/mol. The maximum Gasteiger partial charge on any atom is 0.223 e. The first kappa shape index (κ1) is 18.4. The van der Waals surface area contributed by atoms with Crippen LogP contribution in [0.1, 0.15) is 56.4 Å². The molecule has 3 heterocycles. The normalized spacial score (nSPS) is 32.1. The van der Waals surface area contributed by atoms with Gasteiger partial charge in [0.25, 0.3) is 0 Å². The van der Waals surface area contributed by atoms with Gasteiger partial charge in [0.2, 0.25) is 11.8 Å². The molecule has 2 saturated heterocycles. The van der Waals surface area contributed by atoms with E-state index in [1.807, 2.05) is 18.2 Å². The van der Waals surface area contributed by atoms with Crippen LogP contribution in [0.5, 0.6) is 0 Å². The van der Waals surface area contributed by atoms with Gasteiger partial charge >= 0.3 is 0 Å². The predicted octanol–water partition coefficient (Wildman–Crippen LogP) is 4.09. The lowest BCUT2D eigenvalue weighted by Crippen LogP contribution is -2.65. The van der Waals surface area contributed by atoms with Gasteiger partial charge in [-0.2, -0.15) is 0 Å². The number of piperidine rings is 2. The molecule has 2 amide bonds. The number of nitrogens with zero attached hydrogens (tertiary/aromatic N) is 2. The van der Waals surface area contributed by atoms with Crippen LogP contribution in [0.25, 0.3) is 10.2 Å². The third kappa shape index (κ3) is 2.84. The molecule has 5 nitrogen and oxygen atoms in total. The van der Waals surface area contributed by atoms with Gasteiger partial charge in [0, 0.05) is 29.4 Å². The van der Waals surface area contributed by atoms with Crippen molar-refractivity contribution in [3.05, 3.63) is 28.2 Å². The highest BCUT2D eigenvalue weighted by molar-refractivity contribution is 7.18. The molecule has 148 valence electrons. The van der Waals surface area contributed by atoms with Crippen LogP contribution in [-0.2, 0) is 9.59 Å². The minimum atomic E-state index is -0.370. The molecule has 3 unspecified atom stereocenters. The average Bonchev–Trinajstić information content (AvgIpc) is 3.04. The van der Waals surface area contributed by atoms with Crippen molar-refractivity contribution >= 4 is 45.0 Å². The van der Waals surface area contributed by atoms with Crippen LogP contribution >= 0.6 is 22.9 Å². The molecule has 1 aromatic heterocycles. The lowest BCUT2D eigenvalue weighted by Gasteiger charge is -2.60. The fraction of sp³-hybridized carbons (Fsp3) is 0.571. The van der Waals surface area contributed by atoms with E-state index in [0.29, 0.717) is 17.4 Å². The van der Waals surface area contributed by atoms with Crippen LogP contribution in [0.2, 0.25) is 5.02 Å². The molecule has 4 fully saturated rings. The number of halogens is 1. The summed E-state index contributed by atoms with van der Waals surface area (Å²) in [6.07, 6.45) is 4.90. The van der Waals surface area contributed by atoms with Crippen molar-refractivity contribution in [3.63, 3.8) is 0 Å². The van der Waals surface area contributed by atoms with Crippen LogP contribution in [0, 0.1) is 11.3 Å². The summed E-state index contributed by atoms with van der Waals surface area (Å²) < 4.78 is 1.06. The van der Waals surface area contributed by atoms with Crippen molar-refractivity contribution in [2.75, 3.05) is 0 Å². The van der Waals surface area contributed by atoms with Crippen molar-refractivity contribution in [2.24, 2.45) is 17.1 Å². The molecule has 3 atom stereocenters. The summed E-state index contributed by atoms with van der Waals surface area (Å²) in [6.45, 7) is 2.07. The second-order valence-electron chi connectivity index (χ2n) is 8.97. The summed E-state index contributed by atoms with van der Waals surface area (Å²) in [5.41, 5.74) is 6.32. The highest BCUT2D eigenvalue weighted by Crippen LogP contribution is 2.56. The molecule has 2 aliphatic heterocycles. The van der Waals surface area contributed by atoms with Crippen LogP contribution in [-0.4, -0.2) is 33.8 Å². The van der Waals surface area contributed by atoms with Crippen molar-refractivity contribution in [1.82, 2.24) is 9.88 Å². The number of carbonyl (C=O) groups excluding carboxylic acids is 2. The minimum Gasteiger partial charge on any atom is -0.369 e. The van der Waals surface area contributed by atoms with E-state index in [0.717, 1.165) is 47.3 Å². The molecule has 28 heavy (non-hydrogen) atoms. The van der Waals surface area contributed by atoms with Gasteiger partial charge in [0.1, 0.15) is 0 Å². The number of nitrogens with two attached hydrogens (primary N) is 1. The Kier molecular flexibility index (Phi) is 4.22. The first-order chi connectivity index (χ1) is 13.3. The summed E-state index contributed by atoms with van der Waals surface area (Å²) >= 11 is 7.69. The number of rotatable bonds is 4. The predicted molar refractivity (Wildman–Crippen MR) is 110 cm³/mol. The Labute approximate surface area is 173 Å². The Morgan fingerprint density at radius 3 is 2.71 bits per heavy atom. The molecule has 7 heteroatoms. The van der Waals surface area contributed by atoms with Crippen molar-refractivity contribution in [2.45, 2.75) is 63.5 Å². The third-order valence-electron chi connectivity index (χ3n) is 7.01. The molecule has 2 N–H and O–H groups in total. The average molecular weight is 418 g/mol. The topological polar surface area (TPSA) is 76.3 Å². The van der Waals surface area contributed by atoms with Crippen LogP contribution < -0.4 is 5.73 Å². The van der Waals surface area contributed by atoms with Gasteiger partial charge in [0.05, 0.1) is 20.6 Å². The molecule has 2 aromatic rings. The number of hydrogen-bond acceptors (Lipinski definition) is 4. The number of thiazole rings is 1. The fourth-order valence-corrected chi connectivity index (χ4v) is 7.21. The SMILES string of the molecule is CC(CC(=O)N1C2CC3CC1CC(C(N)=O)(C3)C2)c1nc2ccc(Cl)cc2s1. The van der Waals surface area contributed by atoms with Crippen LogP contribution in [0.4, 0.5) is 0 Å². The Hall–Kier alpha value is -1.66. The second kappa shape index (κ2) is 6.42. The molecule has 2 saturated carbocycles. The summed E-state index contributed by atoms with van der Waals surface area (Å²) in [6, 6.07) is 6.05. The lowest BCUT2D eigenvalue weighted by molar-refractivity contribution is -0.166. The second-order valence-corrected chi connectivity index (χ2v) is 10.5. The van der Waals surface area contributed by atoms with E-state index in [1.165, 1.54) is 0 Å². The monoisotopic (exact) mass is 417 g/mol. The van der Waals surface area contributed by atoms with Gasteiger partial charge < -0.3 is 10.6 Å². The van der Waals surface area contributed by atoms with E-state index in [2.05, 4.69) is 11.8 Å². The zero-order chi connectivity index (χ0) is 19.6. The number of hydrogen-bond donors (Lipinski definition) is 1. The number of aromatic nitrogens is 1. The van der Waals surface area contributed by atoms with Gasteiger partial charge in [-0.25, -0.2) is 4.98 Å². The molecule has 0 spiro atoms. The Balaban J connectivity index is 1.33. The minimum absolute atomic E-state index is 0.0611. The number of amides is 2. The Morgan fingerprint density at radius 1 is 1.32 bits per heavy atom. The first-order valence-corrected chi connectivity index (χ1v) is 11.2. The summed E-state index contributed by atoms with van der Waals surface area (Å²) in [5.74, 6) is 0.630. The van der Waals surface area contributed by atoms with Crippen molar-refractivity contribution in [3.8, 4) is 0 Å². The quantitative estimate of drug-likeness (QED) is 0.813. The number of benzene rings is 1. The van der Waals surface area contributed by atoms with Gasteiger partial charge in [0.15, 0.2) is 0 Å². The van der Waals surface area contributed by atoms with Gasteiger partial charge in [-0.3, -0.25) is 9.59 Å². The molecule has 0 radical (unpaired) electrons. The largest absolute Gasteiger partial charge is 0.369 e. The first-order valence-electron chi connectivity index (χ1n) is 10.0. The molecule has 2 aliphatic carbocycles. The molecule has 4 aliphatic rings. The van der Waals surface area contributed by atoms with Crippen molar-refractivity contribution < 1.29 is 9.59 Å². The molecule has 1 aromatic carbocycles. The fourth-order valence-electron chi connectivity index (χ4n) is 5.92. The zero-order valence-electron chi connectivity index (χ0n) is 15.9. The lowest BCUT2D eigenvalue weighted by atomic mass is 9.55. The van der Waals surface area contributed by atoms with Crippen molar-refractivity contribution in [1.29, 1.82) is 0 Å². The summed E-state index contributed by atoms with van der Waals surface area (Å²) in [7, 11) is 0. The van der Waals surface area contributed by atoms with Gasteiger partial charge in [-0.05, 0) is 56.2 Å². The van der Waals surface area contributed by atoms with E-state index < -0.39 is 0 Å². The van der Waals surface area contributed by atoms with E-state index in [1.54, 1.807) is 11.3 Å². The standard InChI is InChI=1S/C21H24ClN3O2S/c1-11(19-24-16-3-2-13(22)7-17(16)28-19)4-18(26)25-14-5-12-6-15(25)10-21(8-12,9-14)20(23)27/h2-3,7,11-12,14-15H,4-6,8-10H2,1H3,(H2,23,27). The van der Waals surface area contributed by atoms with Crippen LogP contribution in [0.15, 0.2) is 18.2 Å². The Morgan fingerprint density at radius 2 is 2.04 bits per heavy atom. The van der Waals surface area contributed by atoms with Crippen LogP contribution in [0.3, 0.4) is 0 Å². The van der Waals surface area contributed by atoms with E-state index in [9.17, 15) is 9.59 Å². The highest BCUT2D eigenvalue weighted by atomic mass is 35.5. The highest BCUT2D eigenvalue weighted by Gasteiger charge is 2.58. The third-order valence-corrected chi connectivity index (χ3v) is 8.49. The number of fused-ring (bicyclic) bond motifs is 1. The maximum atomic E-state index is 13.2. The molecule has 4 bridgehead atoms. The van der Waals surface area contributed by atoms with Gasteiger partial charge in [-0.1, -0.05) is 18.5 Å². The number of carbonyl (C=O) groups is 2. The van der Waals surface area contributed by atoms with E-state index in [4.69, 9.17) is 22.3 Å². The summed E-state index contributed by atoms with van der Waals surface area (Å²) in [5, 5.41) is 1.68. The van der Waals surface area contributed by atoms with E-state index >= 15 is 0 Å². The Bertz CT molecular complexity index is 958. The molecule has 6 rings (SSSR count). The van der Waals surface area contributed by atoms with Gasteiger partial charge in [-0.15, -0.1) is 11.3 Å². The smallest absolute Gasteiger partial charge is 0.223 e. The maximum absolute atomic E-state index is 13.2. The number of primary amides is 1. The molecular formula is C21H24ClN3O2S. The van der Waals surface area contributed by atoms with E-state index in [-0.39, 0.29) is 35.2 Å². The summed E-state index contributed by atoms with van der Waals surface area (Å²) in [4.78, 5) is 32.1. The zero-order valence-corrected chi connectivity index (χ0v) is 17.4.